The summed E-state index contributed by atoms with van der Waals surface area (Å²) in [6.07, 6.45) is 3.10. The van der Waals surface area contributed by atoms with Crippen LogP contribution in [0, 0.1) is 0 Å². The van der Waals surface area contributed by atoms with Crippen LogP contribution in [-0.2, 0) is 4.79 Å². The molecule has 0 radical (unpaired) electrons. The van der Waals surface area contributed by atoms with E-state index >= 15 is 0 Å². The molecule has 0 aliphatic carbocycles. The summed E-state index contributed by atoms with van der Waals surface area (Å²) in [5.41, 5.74) is 7.06. The van der Waals surface area contributed by atoms with E-state index in [4.69, 9.17) is 15.2 Å². The molecule has 28 heavy (non-hydrogen) atoms. The maximum Gasteiger partial charge on any atom is 0.290 e. The lowest BCUT2D eigenvalue weighted by molar-refractivity contribution is -0.111. The molecular formula is C18H14N6O4. The number of aromatic nitrogens is 4. The maximum atomic E-state index is 12.1. The van der Waals surface area contributed by atoms with E-state index in [0.29, 0.717) is 22.9 Å². The van der Waals surface area contributed by atoms with E-state index in [2.05, 4.69) is 20.7 Å². The number of hydrogen-bond acceptors (Lipinski definition) is 7. The summed E-state index contributed by atoms with van der Waals surface area (Å²) in [4.78, 5) is 24.3. The monoisotopic (exact) mass is 378 g/mol. The molecule has 4 rings (SSSR count). The van der Waals surface area contributed by atoms with Gasteiger partial charge in [0, 0.05) is 11.8 Å². The van der Waals surface area contributed by atoms with Crippen molar-refractivity contribution in [3.63, 3.8) is 0 Å². The van der Waals surface area contributed by atoms with Crippen molar-refractivity contribution in [2.45, 2.75) is 0 Å². The van der Waals surface area contributed by atoms with Gasteiger partial charge in [0.15, 0.2) is 11.5 Å². The summed E-state index contributed by atoms with van der Waals surface area (Å²) >= 11 is 0. The number of amides is 2. The van der Waals surface area contributed by atoms with Crippen LogP contribution in [0.5, 0.6) is 11.5 Å². The fourth-order valence-corrected chi connectivity index (χ4v) is 2.47. The topological polar surface area (TPSA) is 134 Å². The molecule has 2 heterocycles. The number of nitrogens with zero attached hydrogens (tertiary/aromatic N) is 4. The molecule has 3 N–H and O–H groups in total. The lowest BCUT2D eigenvalue weighted by Gasteiger charge is -2.04. The Hall–Kier alpha value is -4.21. The number of tetrazole rings is 1. The van der Waals surface area contributed by atoms with Gasteiger partial charge in [0.05, 0.1) is 5.69 Å². The third kappa shape index (κ3) is 3.65. The first-order chi connectivity index (χ1) is 13.6. The molecular weight excluding hydrogens is 364 g/mol. The molecule has 0 spiro atoms. The average molecular weight is 378 g/mol. The van der Waals surface area contributed by atoms with Crippen LogP contribution in [0.15, 0.2) is 48.5 Å². The SMILES string of the molecule is NC(=O)c1nnn(-c2ccc(NC(=O)/C=C/c3ccc4c(c3)OCO4)cc2)n1. The second-order valence-corrected chi connectivity index (χ2v) is 5.75. The quantitative estimate of drug-likeness (QED) is 0.636. The maximum absolute atomic E-state index is 12.1. The second-order valence-electron chi connectivity index (χ2n) is 5.75. The highest BCUT2D eigenvalue weighted by atomic mass is 16.7. The lowest BCUT2D eigenvalue weighted by Crippen LogP contribution is -2.13. The predicted octanol–water partition coefficient (Wildman–Crippen LogP) is 1.14. The molecule has 0 fully saturated rings. The Bertz CT molecular complexity index is 1070. The van der Waals surface area contributed by atoms with Crippen LogP contribution < -0.4 is 20.5 Å². The molecule has 140 valence electrons. The van der Waals surface area contributed by atoms with Crippen LogP contribution in [0.2, 0.25) is 0 Å². The standard InChI is InChI=1S/C18H14N6O4/c19-17(26)18-21-23-24(22-18)13-5-3-12(4-6-13)20-16(25)8-2-11-1-7-14-15(9-11)28-10-27-14/h1-9H,10H2,(H2,19,26)(H,20,25)/b8-2+. The fourth-order valence-electron chi connectivity index (χ4n) is 2.47. The second kappa shape index (κ2) is 7.19. The largest absolute Gasteiger partial charge is 0.454 e. The normalized spacial score (nSPS) is 12.3. The summed E-state index contributed by atoms with van der Waals surface area (Å²) in [5.74, 6) is 0.113. The van der Waals surface area contributed by atoms with Gasteiger partial charge in [-0.3, -0.25) is 9.59 Å². The number of hydrogen-bond donors (Lipinski definition) is 2. The van der Waals surface area contributed by atoms with Crippen molar-refractivity contribution in [3.8, 4) is 17.2 Å². The number of ether oxygens (including phenoxy) is 2. The highest BCUT2D eigenvalue weighted by Gasteiger charge is 2.12. The van der Waals surface area contributed by atoms with Gasteiger partial charge in [0.25, 0.3) is 11.7 Å². The summed E-state index contributed by atoms with van der Waals surface area (Å²) in [5, 5.41) is 13.9. The molecule has 1 aliphatic rings. The first-order valence-corrected chi connectivity index (χ1v) is 8.17. The summed E-state index contributed by atoms with van der Waals surface area (Å²) < 4.78 is 10.6. The molecule has 0 saturated carbocycles. The molecule has 3 aromatic rings. The molecule has 1 aromatic heterocycles. The van der Waals surface area contributed by atoms with Gasteiger partial charge in [-0.15, -0.1) is 15.0 Å². The first kappa shape index (κ1) is 17.2. The lowest BCUT2D eigenvalue weighted by atomic mass is 10.2. The van der Waals surface area contributed by atoms with E-state index in [1.807, 2.05) is 6.07 Å². The van der Waals surface area contributed by atoms with Gasteiger partial charge in [-0.05, 0) is 53.3 Å². The minimum Gasteiger partial charge on any atom is -0.454 e. The van der Waals surface area contributed by atoms with E-state index in [9.17, 15) is 9.59 Å². The van der Waals surface area contributed by atoms with E-state index in [1.54, 1.807) is 42.5 Å². The molecule has 0 saturated heterocycles. The van der Waals surface area contributed by atoms with Crippen LogP contribution in [0.1, 0.15) is 16.2 Å². The number of anilines is 1. The van der Waals surface area contributed by atoms with E-state index < -0.39 is 5.91 Å². The van der Waals surface area contributed by atoms with Crippen molar-refractivity contribution in [2.24, 2.45) is 5.73 Å². The van der Waals surface area contributed by atoms with E-state index in [-0.39, 0.29) is 18.5 Å². The Morgan fingerprint density at radius 3 is 2.64 bits per heavy atom. The third-order valence-electron chi connectivity index (χ3n) is 3.82. The molecule has 1 aliphatic heterocycles. The van der Waals surface area contributed by atoms with Crippen molar-refractivity contribution < 1.29 is 19.1 Å². The van der Waals surface area contributed by atoms with Crippen LogP contribution >= 0.6 is 0 Å². The summed E-state index contributed by atoms with van der Waals surface area (Å²) in [6.45, 7) is 0.201. The molecule has 0 atom stereocenters. The zero-order valence-corrected chi connectivity index (χ0v) is 14.4. The van der Waals surface area contributed by atoms with Gasteiger partial charge in [-0.1, -0.05) is 6.07 Å². The minimum atomic E-state index is -0.760. The smallest absolute Gasteiger partial charge is 0.290 e. The van der Waals surface area contributed by atoms with E-state index in [0.717, 1.165) is 5.56 Å². The van der Waals surface area contributed by atoms with Crippen molar-refractivity contribution in [1.82, 2.24) is 20.2 Å². The number of rotatable bonds is 5. The number of primary amides is 1. The zero-order valence-electron chi connectivity index (χ0n) is 14.4. The number of fused-ring (bicyclic) bond motifs is 1. The molecule has 10 heteroatoms. The molecule has 0 unspecified atom stereocenters. The Balaban J connectivity index is 1.39. The van der Waals surface area contributed by atoms with Gasteiger partial charge < -0.3 is 20.5 Å². The van der Waals surface area contributed by atoms with Crippen LogP contribution in [-0.4, -0.2) is 38.8 Å². The van der Waals surface area contributed by atoms with Crippen LogP contribution in [0.25, 0.3) is 11.8 Å². The summed E-state index contributed by atoms with van der Waals surface area (Å²) in [7, 11) is 0. The van der Waals surface area contributed by atoms with Gasteiger partial charge in [-0.2, -0.15) is 0 Å². The Morgan fingerprint density at radius 1 is 1.11 bits per heavy atom. The van der Waals surface area contributed by atoms with Crippen molar-refractivity contribution >= 4 is 23.6 Å². The van der Waals surface area contributed by atoms with Gasteiger partial charge in [-0.25, -0.2) is 0 Å². The number of carbonyl (C=O) groups is 2. The molecule has 2 amide bonds. The van der Waals surface area contributed by atoms with Gasteiger partial charge in [0.2, 0.25) is 12.7 Å². The average Bonchev–Trinajstić information content (AvgIpc) is 3.36. The first-order valence-electron chi connectivity index (χ1n) is 8.17. The number of benzene rings is 2. The summed E-state index contributed by atoms with van der Waals surface area (Å²) in [6, 6.07) is 12.1. The molecule has 0 bridgehead atoms. The van der Waals surface area contributed by atoms with Crippen molar-refractivity contribution in [2.75, 3.05) is 12.1 Å². The number of carbonyl (C=O) groups excluding carboxylic acids is 2. The van der Waals surface area contributed by atoms with Crippen LogP contribution in [0.3, 0.4) is 0 Å². The minimum absolute atomic E-state index is 0.175. The molecule has 2 aromatic carbocycles. The fraction of sp³-hybridized carbons (Fsp3) is 0.0556. The Kier molecular flexibility index (Phi) is 4.42. The van der Waals surface area contributed by atoms with Crippen molar-refractivity contribution in [1.29, 1.82) is 0 Å². The highest BCUT2D eigenvalue weighted by Crippen LogP contribution is 2.32. The number of nitrogens with two attached hydrogens (primary N) is 1. The number of nitrogens with one attached hydrogen (secondary N) is 1. The third-order valence-corrected chi connectivity index (χ3v) is 3.82. The van der Waals surface area contributed by atoms with Crippen LogP contribution in [0.4, 0.5) is 5.69 Å². The molecule has 10 nitrogen and oxygen atoms in total. The van der Waals surface area contributed by atoms with Crippen molar-refractivity contribution in [3.05, 3.63) is 59.9 Å². The van der Waals surface area contributed by atoms with Gasteiger partial charge in [0.1, 0.15) is 0 Å². The highest BCUT2D eigenvalue weighted by molar-refractivity contribution is 6.02. The van der Waals surface area contributed by atoms with Gasteiger partial charge >= 0.3 is 0 Å². The zero-order chi connectivity index (χ0) is 19.5. The van der Waals surface area contributed by atoms with E-state index in [1.165, 1.54) is 10.9 Å². The Labute approximate surface area is 158 Å². The predicted molar refractivity (Wildman–Crippen MR) is 97.9 cm³/mol. The Morgan fingerprint density at radius 2 is 1.89 bits per heavy atom.